The Bertz CT molecular complexity index is 4800. The number of hydrogen-bond donors (Lipinski definition) is 4. The second-order valence-corrected chi connectivity index (χ2v) is 24.4. The van der Waals surface area contributed by atoms with Gasteiger partial charge in [0.05, 0.1) is 108 Å². The van der Waals surface area contributed by atoms with Crippen molar-refractivity contribution in [3.05, 3.63) is 125 Å². The van der Waals surface area contributed by atoms with Crippen molar-refractivity contribution in [3.8, 4) is 62.0 Å². The monoisotopic (exact) mass is 1280 g/mol. The van der Waals surface area contributed by atoms with Crippen LogP contribution >= 0.6 is 0 Å². The number of benzene rings is 4. The summed E-state index contributed by atoms with van der Waals surface area (Å²) in [5.41, 5.74) is 19.1. The van der Waals surface area contributed by atoms with E-state index in [1.54, 1.807) is 32.7 Å². The molecule has 0 bridgehead atoms. The third-order valence-corrected chi connectivity index (χ3v) is 18.5. The fourth-order valence-electron chi connectivity index (χ4n) is 13.6. The zero-order valence-corrected chi connectivity index (χ0v) is 53.2. The lowest BCUT2D eigenvalue weighted by atomic mass is 9.96. The van der Waals surface area contributed by atoms with Crippen LogP contribution in [0, 0.1) is 41.5 Å². The predicted octanol–water partition coefficient (Wildman–Crippen LogP) is 12.0. The maximum atomic E-state index is 13.7. The van der Waals surface area contributed by atoms with Gasteiger partial charge in [-0.25, -0.2) is 19.9 Å². The molecule has 4 aliphatic heterocycles. The standard InChI is InChI=1S/C35H35N7O4.C27H21N5O4.C8H16N2O.2CH4/c1-18-30(19(2)46-41-18)27-14-28-26(15-29(27)44-4)31-33(37-20(3)38-34(31)40-28)24-7-8-25(32-23(24)6-5-11-36-32)35(43)39-21-9-12-42(13-10-21)22-16-45-17-22;1-13-23(14(2)36-32-13)19-10-20-18(11-22(19)34-4)24-26(29-15(3)30-27(24)31-20)17-7-8-21(35-12-33)25-16(17)6-5-9-28-25;9-7-1-3-10(4-2-7)8-5-11-6-8;;/h5-8,11,14-15,21-22H,9-10,12-13,16-17H2,1-4H3,(H,39,43)(H,37,38,40);5-12H,1-4H3,(H,29,30,31);7-8H,1-6,9H2;2*1H4. The number of carbonyl (C=O) groups is 2. The minimum atomic E-state index is -0.103. The van der Waals surface area contributed by atoms with Gasteiger partial charge in [-0.3, -0.25) is 29.4 Å². The minimum absolute atomic E-state index is 0. The molecule has 4 aliphatic rings. The normalized spacial score (nSPS) is 15.8. The molecule has 0 unspecified atom stereocenters. The van der Waals surface area contributed by atoms with E-state index in [2.05, 4.69) is 51.4 Å². The number of pyridine rings is 2. The van der Waals surface area contributed by atoms with Gasteiger partial charge in [-0.15, -0.1) is 0 Å². The van der Waals surface area contributed by atoms with E-state index >= 15 is 0 Å². The lowest BCUT2D eigenvalue weighted by Gasteiger charge is -2.41. The number of nitrogens with zero attached hydrogens (tertiary/aromatic N) is 10. The predicted molar refractivity (Wildman–Crippen MR) is 367 cm³/mol. The molecule has 0 spiro atoms. The van der Waals surface area contributed by atoms with Crippen LogP contribution in [0.2, 0.25) is 0 Å². The van der Waals surface area contributed by atoms with Gasteiger partial charge in [0.25, 0.3) is 12.4 Å². The summed E-state index contributed by atoms with van der Waals surface area (Å²) < 4.78 is 38.2. The minimum Gasteiger partial charge on any atom is -0.496 e. The summed E-state index contributed by atoms with van der Waals surface area (Å²) in [6.07, 6.45) is 7.57. The topological polar surface area (TPSA) is 286 Å². The molecule has 0 radical (unpaired) electrons. The lowest BCUT2D eigenvalue weighted by Crippen LogP contribution is -2.54. The number of methoxy groups -OCH3 is 2. The van der Waals surface area contributed by atoms with Gasteiger partial charge in [0.1, 0.15) is 51.5 Å². The van der Waals surface area contributed by atoms with Gasteiger partial charge in [0.2, 0.25) is 0 Å². The van der Waals surface area contributed by atoms with Crippen molar-refractivity contribution >= 4 is 78.1 Å². The molecule has 0 aliphatic carbocycles. The molecule has 12 aromatic rings. The highest BCUT2D eigenvalue weighted by Gasteiger charge is 2.32. The smallest absolute Gasteiger partial charge is 0.298 e. The summed E-state index contributed by atoms with van der Waals surface area (Å²) in [6, 6.07) is 25.0. The Morgan fingerprint density at radius 1 is 0.589 bits per heavy atom. The van der Waals surface area contributed by atoms with E-state index < -0.39 is 0 Å². The van der Waals surface area contributed by atoms with Crippen molar-refractivity contribution in [2.75, 3.05) is 66.8 Å². The van der Waals surface area contributed by atoms with Gasteiger partial charge in [0.15, 0.2) is 5.75 Å². The molecule has 1 amide bonds. The number of fused-ring (bicyclic) bond motifs is 8. The fourth-order valence-corrected chi connectivity index (χ4v) is 13.6. The Kier molecular flexibility index (Phi) is 18.7. The van der Waals surface area contributed by atoms with Crippen molar-refractivity contribution in [2.45, 2.75) is 106 Å². The van der Waals surface area contributed by atoms with Crippen molar-refractivity contribution in [1.29, 1.82) is 0 Å². The molecule has 95 heavy (non-hydrogen) atoms. The van der Waals surface area contributed by atoms with Crippen LogP contribution in [0.4, 0.5) is 0 Å². The molecule has 16 rings (SSSR count). The van der Waals surface area contributed by atoms with Gasteiger partial charge in [0, 0.05) is 105 Å². The molecular formula is C72H80N14O9. The zero-order valence-electron chi connectivity index (χ0n) is 53.2. The lowest BCUT2D eigenvalue weighted by molar-refractivity contribution is -0.120. The first kappa shape index (κ1) is 65.3. The second kappa shape index (κ2) is 27.3. The number of H-pyrrole nitrogens is 2. The SMILES string of the molecule is C.C.COc1cc2c(cc1-c1c(C)noc1C)[nH]c1nc(C)nc(-c3ccc(C(=O)NC4CCN(C5COC5)CC4)c4ncccc34)c12.COc1cc2c(cc1-c1c(C)noc1C)[nH]c1nc(C)nc(-c3ccc(OC=O)c4ncccc34)c12.NC1CCN(C2COC2)CC1. The molecule has 23 nitrogen and oxygen atoms in total. The number of aromatic nitrogens is 10. The maximum Gasteiger partial charge on any atom is 0.298 e. The number of nitrogens with one attached hydrogen (secondary N) is 3. The Balaban J connectivity index is 0.000000157. The number of likely N-dealkylation sites (tertiary alicyclic amines) is 2. The molecule has 4 fully saturated rings. The molecular weight excluding hydrogens is 1200 g/mol. The highest BCUT2D eigenvalue weighted by atomic mass is 16.5. The van der Waals surface area contributed by atoms with Crippen LogP contribution < -0.4 is 25.3 Å². The maximum absolute atomic E-state index is 13.7. The van der Waals surface area contributed by atoms with E-state index in [4.69, 9.17) is 58.4 Å². The van der Waals surface area contributed by atoms with Crippen LogP contribution in [0.5, 0.6) is 17.2 Å². The van der Waals surface area contributed by atoms with E-state index in [-0.39, 0.29) is 26.8 Å². The molecule has 492 valence electrons. The van der Waals surface area contributed by atoms with Crippen molar-refractivity contribution in [3.63, 3.8) is 0 Å². The van der Waals surface area contributed by atoms with E-state index in [0.29, 0.717) is 87.1 Å². The fraction of sp³-hybridized carbons (Fsp3) is 0.361. The highest BCUT2D eigenvalue weighted by Crippen LogP contribution is 2.45. The molecule has 4 saturated heterocycles. The van der Waals surface area contributed by atoms with Crippen LogP contribution in [0.25, 0.3) is 110 Å². The van der Waals surface area contributed by atoms with Gasteiger partial charge < -0.3 is 53.7 Å². The summed E-state index contributed by atoms with van der Waals surface area (Å²) >= 11 is 0. The van der Waals surface area contributed by atoms with Crippen molar-refractivity contribution in [1.82, 2.24) is 65.3 Å². The number of rotatable bonds is 12. The zero-order chi connectivity index (χ0) is 64.2. The largest absolute Gasteiger partial charge is 0.496 e. The second-order valence-electron chi connectivity index (χ2n) is 24.4. The van der Waals surface area contributed by atoms with E-state index in [1.807, 2.05) is 102 Å². The van der Waals surface area contributed by atoms with Gasteiger partial charge in [-0.1, -0.05) is 43.4 Å². The molecule has 12 heterocycles. The number of nitrogens with two attached hydrogens (primary N) is 1. The van der Waals surface area contributed by atoms with Crippen LogP contribution in [0.1, 0.15) is 85.5 Å². The van der Waals surface area contributed by atoms with Crippen LogP contribution in [-0.2, 0) is 14.3 Å². The van der Waals surface area contributed by atoms with Gasteiger partial charge >= 0.3 is 0 Å². The average molecular weight is 1290 g/mol. The summed E-state index contributed by atoms with van der Waals surface area (Å²) in [7, 11) is 3.30. The molecule has 0 saturated carbocycles. The quantitative estimate of drug-likeness (QED) is 0.0827. The Hall–Kier alpha value is -9.78. The van der Waals surface area contributed by atoms with Crippen molar-refractivity contribution < 1.29 is 42.3 Å². The van der Waals surface area contributed by atoms with Crippen LogP contribution in [0.3, 0.4) is 0 Å². The van der Waals surface area contributed by atoms with Crippen LogP contribution in [-0.4, -0.2) is 163 Å². The summed E-state index contributed by atoms with van der Waals surface area (Å²) in [6.45, 7) is 19.5. The number of amides is 1. The first-order valence-electron chi connectivity index (χ1n) is 31.4. The number of aromatic amines is 2. The summed E-state index contributed by atoms with van der Waals surface area (Å²) in [5.74, 6) is 4.35. The number of hydrogen-bond acceptors (Lipinski definition) is 20. The first-order valence-corrected chi connectivity index (χ1v) is 31.4. The number of aryl methyl sites for hydroxylation is 6. The molecule has 4 aromatic carbocycles. The molecule has 0 atom stereocenters. The summed E-state index contributed by atoms with van der Waals surface area (Å²) in [5, 5.41) is 16.8. The van der Waals surface area contributed by atoms with E-state index in [1.165, 1.54) is 13.1 Å². The van der Waals surface area contributed by atoms with E-state index in [9.17, 15) is 9.59 Å². The van der Waals surface area contributed by atoms with Crippen molar-refractivity contribution in [2.24, 2.45) is 5.73 Å². The third-order valence-electron chi connectivity index (χ3n) is 18.5. The summed E-state index contributed by atoms with van der Waals surface area (Å²) in [4.78, 5) is 65.1. The Labute approximate surface area is 549 Å². The molecule has 8 aromatic heterocycles. The number of ether oxygens (including phenoxy) is 5. The van der Waals surface area contributed by atoms with Crippen LogP contribution in [0.15, 0.2) is 94.2 Å². The third kappa shape index (κ3) is 12.3. The highest BCUT2D eigenvalue weighted by molar-refractivity contribution is 6.18. The first-order chi connectivity index (χ1) is 45.2. The number of carbonyl (C=O) groups excluding carboxylic acids is 2. The number of piperidine rings is 2. The van der Waals surface area contributed by atoms with Gasteiger partial charge in [-0.05, 0) is 122 Å². The Morgan fingerprint density at radius 2 is 1.06 bits per heavy atom. The molecule has 5 N–H and O–H groups in total. The Morgan fingerprint density at radius 3 is 1.52 bits per heavy atom. The average Bonchev–Trinajstić information content (AvgIpc) is 1.65. The van der Waals surface area contributed by atoms with E-state index in [0.717, 1.165) is 170 Å². The van der Waals surface area contributed by atoms with Gasteiger partial charge in [-0.2, -0.15) is 0 Å². The molecule has 23 heteroatoms.